The molecule has 1 aliphatic heterocycles. The average Bonchev–Trinajstić information content (AvgIpc) is 3.00. The zero-order chi connectivity index (χ0) is 13.4. The summed E-state index contributed by atoms with van der Waals surface area (Å²) in [6.07, 6.45) is 1.07. The molecule has 1 aliphatic rings. The number of hydrogen-bond acceptors (Lipinski definition) is 3. The maximum atomic E-state index is 4.76. The predicted octanol–water partition coefficient (Wildman–Crippen LogP) is 2.60. The number of nitrogens with one attached hydrogen (secondary N) is 1. The lowest BCUT2D eigenvalue weighted by molar-refractivity contribution is 0.668. The molecule has 0 unspecified atom stereocenters. The topological polar surface area (TPSA) is 33.1 Å². The Labute approximate surface area is 114 Å². The van der Waals surface area contributed by atoms with Gasteiger partial charge in [-0.2, -0.15) is 5.10 Å². The largest absolute Gasteiger partial charge is 0.378 e. The van der Waals surface area contributed by atoms with Gasteiger partial charge in [-0.25, -0.2) is 4.68 Å². The Morgan fingerprint density at radius 2 is 2.21 bits per heavy atom. The van der Waals surface area contributed by atoms with Gasteiger partial charge in [-0.3, -0.25) is 0 Å². The van der Waals surface area contributed by atoms with E-state index in [9.17, 15) is 0 Å². The van der Waals surface area contributed by atoms with Gasteiger partial charge in [0.15, 0.2) is 0 Å². The maximum Gasteiger partial charge on any atom is 0.128 e. The third-order valence-corrected chi connectivity index (χ3v) is 3.65. The van der Waals surface area contributed by atoms with E-state index >= 15 is 0 Å². The van der Waals surface area contributed by atoms with E-state index in [0.29, 0.717) is 0 Å². The van der Waals surface area contributed by atoms with Crippen molar-refractivity contribution in [2.24, 2.45) is 0 Å². The Morgan fingerprint density at radius 3 is 2.95 bits per heavy atom. The molecule has 1 aromatic heterocycles. The van der Waals surface area contributed by atoms with Crippen LogP contribution in [0.15, 0.2) is 24.3 Å². The summed E-state index contributed by atoms with van der Waals surface area (Å²) in [6.45, 7) is 4.06. The van der Waals surface area contributed by atoms with Crippen LogP contribution >= 0.6 is 0 Å². The van der Waals surface area contributed by atoms with Crippen LogP contribution in [0, 0.1) is 0 Å². The van der Waals surface area contributed by atoms with Gasteiger partial charge in [-0.1, -0.05) is 12.1 Å². The first-order chi connectivity index (χ1) is 9.20. The summed E-state index contributed by atoms with van der Waals surface area (Å²) in [5, 5.41) is 8.19. The first-order valence-electron chi connectivity index (χ1n) is 6.82. The lowest BCUT2D eigenvalue weighted by Gasteiger charge is -2.13. The van der Waals surface area contributed by atoms with Crippen molar-refractivity contribution in [3.05, 3.63) is 29.8 Å². The second-order valence-electron chi connectivity index (χ2n) is 5.11. The summed E-state index contributed by atoms with van der Waals surface area (Å²) in [7, 11) is 4.13. The summed E-state index contributed by atoms with van der Waals surface area (Å²) >= 11 is 0. The number of anilines is 2. The van der Waals surface area contributed by atoms with Crippen LogP contribution in [0.4, 0.5) is 11.5 Å². The molecule has 2 aromatic rings. The summed E-state index contributed by atoms with van der Waals surface area (Å²) < 4.78 is 2.07. The fourth-order valence-electron chi connectivity index (χ4n) is 2.63. The fourth-order valence-corrected chi connectivity index (χ4v) is 2.63. The Morgan fingerprint density at radius 1 is 1.37 bits per heavy atom. The van der Waals surface area contributed by atoms with Crippen molar-refractivity contribution in [2.45, 2.75) is 19.9 Å². The van der Waals surface area contributed by atoms with Crippen LogP contribution in [0.25, 0.3) is 11.3 Å². The number of nitrogens with zero attached hydrogens (tertiary/aromatic N) is 3. The number of fused-ring (bicyclic) bond motifs is 1. The van der Waals surface area contributed by atoms with Gasteiger partial charge in [0.2, 0.25) is 0 Å². The van der Waals surface area contributed by atoms with E-state index in [1.165, 1.54) is 22.6 Å². The minimum Gasteiger partial charge on any atom is -0.378 e. The molecule has 1 aromatic carbocycles. The van der Waals surface area contributed by atoms with Crippen molar-refractivity contribution in [3.63, 3.8) is 0 Å². The molecule has 4 heteroatoms. The van der Waals surface area contributed by atoms with Crippen LogP contribution in [0.1, 0.15) is 12.5 Å². The maximum absolute atomic E-state index is 4.76. The molecule has 19 heavy (non-hydrogen) atoms. The first kappa shape index (κ1) is 12.1. The molecule has 0 radical (unpaired) electrons. The van der Waals surface area contributed by atoms with Crippen LogP contribution in [0.5, 0.6) is 0 Å². The molecule has 2 heterocycles. The van der Waals surface area contributed by atoms with Gasteiger partial charge in [0.1, 0.15) is 5.82 Å². The van der Waals surface area contributed by atoms with E-state index in [1.807, 2.05) is 0 Å². The van der Waals surface area contributed by atoms with Crippen molar-refractivity contribution >= 4 is 11.5 Å². The summed E-state index contributed by atoms with van der Waals surface area (Å²) in [6, 6.07) is 8.58. The molecule has 0 saturated carbocycles. The lowest BCUT2D eigenvalue weighted by atomic mass is 10.1. The quantitative estimate of drug-likeness (QED) is 0.916. The van der Waals surface area contributed by atoms with E-state index < -0.39 is 0 Å². The first-order valence-corrected chi connectivity index (χ1v) is 6.82. The van der Waals surface area contributed by atoms with Crippen molar-refractivity contribution in [1.82, 2.24) is 9.78 Å². The molecule has 0 bridgehead atoms. The molecular formula is C15H20N4. The van der Waals surface area contributed by atoms with E-state index in [-0.39, 0.29) is 0 Å². The highest BCUT2D eigenvalue weighted by Crippen LogP contribution is 2.33. The Kier molecular flexibility index (Phi) is 2.93. The normalized spacial score (nSPS) is 13.2. The molecule has 1 N–H and O–H groups in total. The molecule has 0 aliphatic carbocycles. The Bertz CT molecular complexity index is 598. The lowest BCUT2D eigenvalue weighted by Crippen LogP contribution is -2.08. The van der Waals surface area contributed by atoms with Crippen LogP contribution < -0.4 is 10.2 Å². The third-order valence-electron chi connectivity index (χ3n) is 3.65. The van der Waals surface area contributed by atoms with Crippen LogP contribution in [0.3, 0.4) is 0 Å². The molecule has 3 rings (SSSR count). The van der Waals surface area contributed by atoms with Gasteiger partial charge in [0.25, 0.3) is 0 Å². The number of rotatable bonds is 3. The van der Waals surface area contributed by atoms with Gasteiger partial charge in [0, 0.05) is 44.0 Å². The van der Waals surface area contributed by atoms with Crippen molar-refractivity contribution in [2.75, 3.05) is 30.9 Å². The summed E-state index contributed by atoms with van der Waals surface area (Å²) in [5.74, 6) is 1.20. The number of aromatic nitrogens is 2. The standard InChI is InChI=1S/C15H20N4/c1-4-19-15-13(8-9-16-15)14(17-19)11-6-5-7-12(10-11)18(2)3/h5-7,10,16H,4,8-9H2,1-3H3. The van der Waals surface area contributed by atoms with Gasteiger partial charge >= 0.3 is 0 Å². The van der Waals surface area contributed by atoms with Gasteiger partial charge in [-0.05, 0) is 25.5 Å². The van der Waals surface area contributed by atoms with Gasteiger partial charge < -0.3 is 10.2 Å². The van der Waals surface area contributed by atoms with Crippen LogP contribution in [-0.2, 0) is 13.0 Å². The minimum absolute atomic E-state index is 0.905. The minimum atomic E-state index is 0.905. The van der Waals surface area contributed by atoms with Gasteiger partial charge in [-0.15, -0.1) is 0 Å². The smallest absolute Gasteiger partial charge is 0.128 e. The SMILES string of the molecule is CCn1nc(-c2cccc(N(C)C)c2)c2c1NCC2. The molecular weight excluding hydrogens is 236 g/mol. The Balaban J connectivity index is 2.10. The van der Waals surface area contributed by atoms with Crippen molar-refractivity contribution in [1.29, 1.82) is 0 Å². The monoisotopic (exact) mass is 256 g/mol. The van der Waals surface area contributed by atoms with E-state index in [1.54, 1.807) is 0 Å². The van der Waals surface area contributed by atoms with Crippen LogP contribution in [-0.4, -0.2) is 30.4 Å². The molecule has 100 valence electrons. The highest BCUT2D eigenvalue weighted by molar-refractivity contribution is 5.73. The average molecular weight is 256 g/mol. The van der Waals surface area contributed by atoms with E-state index in [0.717, 1.165) is 25.2 Å². The van der Waals surface area contributed by atoms with E-state index in [4.69, 9.17) is 5.10 Å². The second kappa shape index (κ2) is 4.61. The molecule has 0 amide bonds. The third kappa shape index (κ3) is 1.97. The zero-order valence-corrected chi connectivity index (χ0v) is 11.8. The highest BCUT2D eigenvalue weighted by atomic mass is 15.3. The van der Waals surface area contributed by atoms with Crippen molar-refractivity contribution in [3.8, 4) is 11.3 Å². The molecule has 0 atom stereocenters. The summed E-state index contributed by atoms with van der Waals surface area (Å²) in [5.41, 5.74) is 4.91. The Hall–Kier alpha value is -1.97. The second-order valence-corrected chi connectivity index (χ2v) is 5.11. The van der Waals surface area contributed by atoms with Crippen molar-refractivity contribution < 1.29 is 0 Å². The number of hydrogen-bond donors (Lipinski definition) is 1. The predicted molar refractivity (Wildman–Crippen MR) is 79.9 cm³/mol. The summed E-state index contributed by atoms with van der Waals surface area (Å²) in [4.78, 5) is 2.12. The highest BCUT2D eigenvalue weighted by Gasteiger charge is 2.22. The molecule has 4 nitrogen and oxygen atoms in total. The zero-order valence-electron chi connectivity index (χ0n) is 11.8. The number of aryl methyl sites for hydroxylation is 1. The number of benzene rings is 1. The van der Waals surface area contributed by atoms with Gasteiger partial charge in [0.05, 0.1) is 5.69 Å². The molecule has 0 spiro atoms. The molecule has 0 saturated heterocycles. The van der Waals surface area contributed by atoms with E-state index in [2.05, 4.69) is 60.2 Å². The molecule has 0 fully saturated rings. The fraction of sp³-hybridized carbons (Fsp3) is 0.400. The van der Waals surface area contributed by atoms with Crippen LogP contribution in [0.2, 0.25) is 0 Å².